The monoisotopic (exact) mass is 300 g/mol. The molecule has 0 spiro atoms. The fourth-order valence-electron chi connectivity index (χ4n) is 2.14. The van der Waals surface area contributed by atoms with Gasteiger partial charge >= 0.3 is 0 Å². The topological polar surface area (TPSA) is 81.0 Å². The minimum atomic E-state index is -0.391. The van der Waals surface area contributed by atoms with Gasteiger partial charge in [0.25, 0.3) is 5.69 Å². The van der Waals surface area contributed by atoms with Crippen molar-refractivity contribution >= 4 is 33.5 Å². The van der Waals surface area contributed by atoms with Crippen molar-refractivity contribution in [3.8, 4) is 0 Å². The van der Waals surface area contributed by atoms with Gasteiger partial charge in [-0.25, -0.2) is 4.98 Å². The van der Waals surface area contributed by atoms with Crippen molar-refractivity contribution in [1.82, 2.24) is 9.97 Å². The molecule has 0 aliphatic heterocycles. The van der Waals surface area contributed by atoms with E-state index in [1.54, 1.807) is 29.7 Å². The van der Waals surface area contributed by atoms with Crippen molar-refractivity contribution in [1.29, 1.82) is 0 Å². The summed E-state index contributed by atoms with van der Waals surface area (Å²) in [5, 5.41) is 18.6. The van der Waals surface area contributed by atoms with E-state index in [0.29, 0.717) is 11.9 Å². The highest BCUT2D eigenvalue weighted by Crippen LogP contribution is 2.31. The fourth-order valence-corrected chi connectivity index (χ4v) is 2.85. The van der Waals surface area contributed by atoms with E-state index in [9.17, 15) is 10.1 Å². The van der Waals surface area contributed by atoms with E-state index in [2.05, 4.69) is 15.3 Å². The molecular formula is C14H12N4O2S. The highest BCUT2D eigenvalue weighted by atomic mass is 32.1. The molecule has 6 nitrogen and oxygen atoms in total. The number of hydrogen-bond donors (Lipinski definition) is 1. The van der Waals surface area contributed by atoms with E-state index in [4.69, 9.17) is 0 Å². The molecule has 106 valence electrons. The van der Waals surface area contributed by atoms with E-state index in [0.717, 1.165) is 21.8 Å². The van der Waals surface area contributed by atoms with Crippen molar-refractivity contribution < 1.29 is 4.92 Å². The molecule has 0 saturated carbocycles. The van der Waals surface area contributed by atoms with Crippen LogP contribution in [0, 0.1) is 17.0 Å². The predicted molar refractivity (Wildman–Crippen MR) is 82.6 cm³/mol. The molecule has 0 saturated heterocycles. The first kappa shape index (κ1) is 13.4. The maximum Gasteiger partial charge on any atom is 0.278 e. The molecule has 21 heavy (non-hydrogen) atoms. The third-order valence-electron chi connectivity index (χ3n) is 3.09. The first-order valence-corrected chi connectivity index (χ1v) is 7.19. The summed E-state index contributed by atoms with van der Waals surface area (Å²) >= 11 is 1.59. The Bertz CT molecular complexity index is 816. The third kappa shape index (κ3) is 2.68. The Labute approximate surface area is 124 Å². The van der Waals surface area contributed by atoms with Crippen LogP contribution < -0.4 is 5.32 Å². The predicted octanol–water partition coefficient (Wildman–Crippen LogP) is 3.52. The van der Waals surface area contributed by atoms with Crippen LogP contribution in [0.15, 0.2) is 36.0 Å². The molecule has 0 radical (unpaired) electrons. The molecule has 3 rings (SSSR count). The number of fused-ring (bicyclic) bond motifs is 1. The number of rotatable bonds is 4. The zero-order valence-electron chi connectivity index (χ0n) is 11.2. The molecule has 0 unspecified atom stereocenters. The van der Waals surface area contributed by atoms with Crippen LogP contribution in [-0.4, -0.2) is 14.9 Å². The Balaban J connectivity index is 1.96. The van der Waals surface area contributed by atoms with Crippen LogP contribution >= 0.6 is 11.3 Å². The molecule has 0 aliphatic carbocycles. The SMILES string of the molecule is Cc1csc(CNc2ccc([N+](=O)[O-])c3cnccc23)n1. The summed E-state index contributed by atoms with van der Waals surface area (Å²) in [5.41, 5.74) is 1.90. The summed E-state index contributed by atoms with van der Waals surface area (Å²) in [7, 11) is 0. The largest absolute Gasteiger partial charge is 0.378 e. The van der Waals surface area contributed by atoms with Gasteiger partial charge in [-0.1, -0.05) is 0 Å². The van der Waals surface area contributed by atoms with Crippen molar-refractivity contribution in [2.45, 2.75) is 13.5 Å². The van der Waals surface area contributed by atoms with Gasteiger partial charge in [-0.3, -0.25) is 15.1 Å². The minimum Gasteiger partial charge on any atom is -0.378 e. The number of non-ortho nitro benzene ring substituents is 1. The van der Waals surface area contributed by atoms with Gasteiger partial charge in [0.05, 0.1) is 16.9 Å². The molecule has 0 aliphatic rings. The number of nitrogens with zero attached hydrogens (tertiary/aromatic N) is 3. The van der Waals surface area contributed by atoms with Gasteiger partial charge in [-0.2, -0.15) is 0 Å². The van der Waals surface area contributed by atoms with Crippen molar-refractivity contribution in [2.75, 3.05) is 5.32 Å². The van der Waals surface area contributed by atoms with Gasteiger partial charge in [0.2, 0.25) is 0 Å². The molecule has 0 atom stereocenters. The van der Waals surface area contributed by atoms with E-state index in [1.807, 2.05) is 12.3 Å². The van der Waals surface area contributed by atoms with Gasteiger partial charge in [0.15, 0.2) is 0 Å². The highest BCUT2D eigenvalue weighted by Gasteiger charge is 2.14. The number of pyridine rings is 1. The Morgan fingerprint density at radius 1 is 1.33 bits per heavy atom. The maximum absolute atomic E-state index is 11.1. The standard InChI is InChI=1S/C14H12N4O2S/c1-9-8-21-14(17-9)7-16-12-2-3-13(18(19)20)11-6-15-5-4-10(11)12/h2-6,8,16H,7H2,1H3. The average Bonchev–Trinajstić information content (AvgIpc) is 2.90. The van der Waals surface area contributed by atoms with E-state index < -0.39 is 4.92 Å². The lowest BCUT2D eigenvalue weighted by Crippen LogP contribution is -2.01. The second-order valence-electron chi connectivity index (χ2n) is 4.55. The lowest BCUT2D eigenvalue weighted by Gasteiger charge is -2.08. The van der Waals surface area contributed by atoms with Crippen LogP contribution in [0.1, 0.15) is 10.7 Å². The first-order valence-electron chi connectivity index (χ1n) is 6.31. The smallest absolute Gasteiger partial charge is 0.278 e. The number of nitrogens with one attached hydrogen (secondary N) is 1. The summed E-state index contributed by atoms with van der Waals surface area (Å²) in [4.78, 5) is 19.0. The summed E-state index contributed by atoms with van der Waals surface area (Å²) in [6, 6.07) is 5.00. The Morgan fingerprint density at radius 3 is 2.90 bits per heavy atom. The normalized spacial score (nSPS) is 10.7. The summed E-state index contributed by atoms with van der Waals surface area (Å²) in [6.07, 6.45) is 3.15. The van der Waals surface area contributed by atoms with Gasteiger partial charge < -0.3 is 5.32 Å². The Morgan fingerprint density at radius 2 is 2.19 bits per heavy atom. The second-order valence-corrected chi connectivity index (χ2v) is 5.49. The van der Waals surface area contributed by atoms with Crippen LogP contribution in [0.3, 0.4) is 0 Å². The van der Waals surface area contributed by atoms with E-state index >= 15 is 0 Å². The van der Waals surface area contributed by atoms with Crippen molar-refractivity contribution in [3.05, 3.63) is 56.8 Å². The van der Waals surface area contributed by atoms with Gasteiger partial charge in [-0.15, -0.1) is 11.3 Å². The lowest BCUT2D eigenvalue weighted by atomic mass is 10.1. The van der Waals surface area contributed by atoms with Crippen LogP contribution in [0.25, 0.3) is 10.8 Å². The van der Waals surface area contributed by atoms with E-state index in [-0.39, 0.29) is 5.69 Å². The molecule has 1 aromatic carbocycles. The molecule has 2 aromatic heterocycles. The minimum absolute atomic E-state index is 0.0637. The number of nitro groups is 1. The number of aryl methyl sites for hydroxylation is 1. The molecule has 3 aromatic rings. The molecule has 0 bridgehead atoms. The maximum atomic E-state index is 11.1. The molecular weight excluding hydrogens is 288 g/mol. The molecule has 2 heterocycles. The van der Waals surface area contributed by atoms with Crippen LogP contribution in [-0.2, 0) is 6.54 Å². The van der Waals surface area contributed by atoms with E-state index in [1.165, 1.54) is 12.3 Å². The fraction of sp³-hybridized carbons (Fsp3) is 0.143. The van der Waals surface area contributed by atoms with Crippen LogP contribution in [0.5, 0.6) is 0 Å². The highest BCUT2D eigenvalue weighted by molar-refractivity contribution is 7.09. The van der Waals surface area contributed by atoms with Crippen LogP contribution in [0.4, 0.5) is 11.4 Å². The van der Waals surface area contributed by atoms with Crippen LogP contribution in [0.2, 0.25) is 0 Å². The molecule has 1 N–H and O–H groups in total. The molecule has 7 heteroatoms. The molecule has 0 fully saturated rings. The zero-order valence-corrected chi connectivity index (χ0v) is 12.1. The van der Waals surface area contributed by atoms with Gasteiger partial charge in [0, 0.05) is 40.6 Å². The summed E-state index contributed by atoms with van der Waals surface area (Å²) < 4.78 is 0. The third-order valence-corrected chi connectivity index (χ3v) is 4.06. The lowest BCUT2D eigenvalue weighted by molar-refractivity contribution is -0.383. The number of nitro benzene ring substituents is 1. The summed E-state index contributed by atoms with van der Waals surface area (Å²) in [5.74, 6) is 0. The van der Waals surface area contributed by atoms with Gasteiger partial charge in [-0.05, 0) is 19.1 Å². The number of hydrogen-bond acceptors (Lipinski definition) is 6. The number of benzene rings is 1. The second kappa shape index (κ2) is 5.45. The number of thiazole rings is 1. The van der Waals surface area contributed by atoms with Crippen molar-refractivity contribution in [2.24, 2.45) is 0 Å². The van der Waals surface area contributed by atoms with Gasteiger partial charge in [0.1, 0.15) is 5.01 Å². The zero-order chi connectivity index (χ0) is 14.8. The Kier molecular flexibility index (Phi) is 3.49. The average molecular weight is 300 g/mol. The summed E-state index contributed by atoms with van der Waals surface area (Å²) in [6.45, 7) is 2.54. The Hall–Kier alpha value is -2.54. The number of aromatic nitrogens is 2. The quantitative estimate of drug-likeness (QED) is 0.589. The number of anilines is 1. The van der Waals surface area contributed by atoms with Crippen molar-refractivity contribution in [3.63, 3.8) is 0 Å². The first-order chi connectivity index (χ1) is 10.1. The molecule has 0 amide bonds.